The van der Waals surface area contributed by atoms with Gasteiger partial charge in [-0.2, -0.15) is 0 Å². The molecule has 6 heteroatoms. The summed E-state index contributed by atoms with van der Waals surface area (Å²) in [6.45, 7) is 1.64. The smallest absolute Gasteiger partial charge is 0.221 e. The van der Waals surface area contributed by atoms with Gasteiger partial charge in [0.25, 0.3) is 0 Å². The SMILES string of the molecule is COCCNC(=O)C[C@H](c1cccc(Oc2ccccc2)c1)c1cn(Cc2ccc(OC)cc2)c2ccccc12. The summed E-state index contributed by atoms with van der Waals surface area (Å²) in [7, 11) is 3.30. The van der Waals surface area contributed by atoms with Crippen molar-refractivity contribution in [2.75, 3.05) is 27.4 Å². The Labute approximate surface area is 235 Å². The van der Waals surface area contributed by atoms with Crippen molar-refractivity contribution in [3.63, 3.8) is 0 Å². The second-order valence-corrected chi connectivity index (χ2v) is 9.66. The van der Waals surface area contributed by atoms with Crippen molar-refractivity contribution in [1.82, 2.24) is 9.88 Å². The zero-order chi connectivity index (χ0) is 27.7. The average Bonchev–Trinajstić information content (AvgIpc) is 3.35. The van der Waals surface area contributed by atoms with Crippen LogP contribution in [0.1, 0.15) is 29.0 Å². The monoisotopic (exact) mass is 534 g/mol. The number of carbonyl (C=O) groups excluding carboxylic acids is 1. The summed E-state index contributed by atoms with van der Waals surface area (Å²) in [6.07, 6.45) is 2.49. The minimum absolute atomic E-state index is 0.0246. The lowest BCUT2D eigenvalue weighted by atomic mass is 9.88. The third-order valence-corrected chi connectivity index (χ3v) is 6.96. The summed E-state index contributed by atoms with van der Waals surface area (Å²) < 4.78 is 18.9. The van der Waals surface area contributed by atoms with E-state index in [0.29, 0.717) is 26.1 Å². The number of nitrogens with zero attached hydrogens (tertiary/aromatic N) is 1. The number of amides is 1. The van der Waals surface area contributed by atoms with Gasteiger partial charge in [0.15, 0.2) is 0 Å². The first-order chi connectivity index (χ1) is 19.6. The molecule has 1 aromatic heterocycles. The van der Waals surface area contributed by atoms with Crippen LogP contribution in [-0.4, -0.2) is 37.8 Å². The van der Waals surface area contributed by atoms with Crippen molar-refractivity contribution < 1.29 is 19.0 Å². The molecular weight excluding hydrogens is 500 g/mol. The Hall–Kier alpha value is -4.55. The van der Waals surface area contributed by atoms with Gasteiger partial charge in [-0.3, -0.25) is 4.79 Å². The van der Waals surface area contributed by atoms with Crippen LogP contribution in [0.25, 0.3) is 10.9 Å². The maximum atomic E-state index is 13.1. The molecule has 5 rings (SSSR count). The highest BCUT2D eigenvalue weighted by Gasteiger charge is 2.23. The van der Waals surface area contributed by atoms with E-state index in [4.69, 9.17) is 14.2 Å². The number of rotatable bonds is 12. The number of ether oxygens (including phenoxy) is 3. The number of methoxy groups -OCH3 is 2. The summed E-state index contributed by atoms with van der Waals surface area (Å²) >= 11 is 0. The van der Waals surface area contributed by atoms with Gasteiger partial charge in [0, 0.05) is 49.6 Å². The fourth-order valence-corrected chi connectivity index (χ4v) is 4.99. The van der Waals surface area contributed by atoms with E-state index in [1.54, 1.807) is 14.2 Å². The fraction of sp³-hybridized carbons (Fsp3) is 0.206. The third-order valence-electron chi connectivity index (χ3n) is 6.96. The van der Waals surface area contributed by atoms with Gasteiger partial charge in [-0.1, -0.05) is 60.7 Å². The van der Waals surface area contributed by atoms with E-state index in [-0.39, 0.29) is 11.8 Å². The summed E-state index contributed by atoms with van der Waals surface area (Å²) in [5, 5.41) is 4.12. The van der Waals surface area contributed by atoms with E-state index >= 15 is 0 Å². The molecule has 1 heterocycles. The molecule has 0 aliphatic carbocycles. The van der Waals surface area contributed by atoms with E-state index in [9.17, 15) is 4.79 Å². The predicted octanol–water partition coefficient (Wildman–Crippen LogP) is 6.78. The Morgan fingerprint density at radius 2 is 1.57 bits per heavy atom. The molecule has 0 bridgehead atoms. The molecule has 0 saturated carbocycles. The molecule has 0 unspecified atom stereocenters. The normalized spacial score (nSPS) is 11.8. The maximum Gasteiger partial charge on any atom is 0.221 e. The first-order valence-electron chi connectivity index (χ1n) is 13.4. The molecular formula is C34H34N2O4. The Morgan fingerprint density at radius 1 is 0.825 bits per heavy atom. The molecule has 1 atom stereocenters. The molecule has 0 aliphatic heterocycles. The first kappa shape index (κ1) is 27.0. The van der Waals surface area contributed by atoms with Gasteiger partial charge < -0.3 is 24.1 Å². The Bertz CT molecular complexity index is 1540. The summed E-state index contributed by atoms with van der Waals surface area (Å²) in [4.78, 5) is 13.1. The first-order valence-corrected chi connectivity index (χ1v) is 13.4. The predicted molar refractivity (Wildman–Crippen MR) is 158 cm³/mol. The van der Waals surface area contributed by atoms with Crippen LogP contribution in [0.5, 0.6) is 17.2 Å². The van der Waals surface area contributed by atoms with E-state index in [1.165, 1.54) is 5.56 Å². The van der Waals surface area contributed by atoms with Crippen molar-refractivity contribution in [1.29, 1.82) is 0 Å². The maximum absolute atomic E-state index is 13.1. The Balaban J connectivity index is 1.52. The van der Waals surface area contributed by atoms with Gasteiger partial charge in [-0.05, 0) is 59.2 Å². The molecule has 0 fully saturated rings. The van der Waals surface area contributed by atoms with Gasteiger partial charge in [-0.15, -0.1) is 0 Å². The van der Waals surface area contributed by atoms with E-state index in [1.807, 2.05) is 66.7 Å². The Morgan fingerprint density at radius 3 is 2.35 bits per heavy atom. The van der Waals surface area contributed by atoms with Crippen molar-refractivity contribution in [2.45, 2.75) is 18.9 Å². The quantitative estimate of drug-likeness (QED) is 0.179. The van der Waals surface area contributed by atoms with Crippen LogP contribution >= 0.6 is 0 Å². The number of benzene rings is 4. The van der Waals surface area contributed by atoms with Crippen LogP contribution in [0.2, 0.25) is 0 Å². The minimum Gasteiger partial charge on any atom is -0.497 e. The molecule has 0 spiro atoms. The van der Waals surface area contributed by atoms with Crippen LogP contribution in [0.15, 0.2) is 109 Å². The average molecular weight is 535 g/mol. The number of fused-ring (bicyclic) bond motifs is 1. The van der Waals surface area contributed by atoms with Crippen LogP contribution in [-0.2, 0) is 16.1 Å². The molecule has 204 valence electrons. The van der Waals surface area contributed by atoms with Crippen molar-refractivity contribution >= 4 is 16.8 Å². The zero-order valence-corrected chi connectivity index (χ0v) is 22.9. The molecule has 6 nitrogen and oxygen atoms in total. The molecule has 0 aliphatic rings. The molecule has 4 aromatic carbocycles. The van der Waals surface area contributed by atoms with E-state index in [0.717, 1.165) is 39.3 Å². The number of hydrogen-bond donors (Lipinski definition) is 1. The highest BCUT2D eigenvalue weighted by atomic mass is 16.5. The number of carbonyl (C=O) groups is 1. The largest absolute Gasteiger partial charge is 0.497 e. The van der Waals surface area contributed by atoms with E-state index < -0.39 is 0 Å². The van der Waals surface area contributed by atoms with Gasteiger partial charge in [0.1, 0.15) is 17.2 Å². The molecule has 40 heavy (non-hydrogen) atoms. The standard InChI is InChI=1S/C34H34N2O4/c1-38-20-19-35-34(37)22-31(26-9-8-12-29(21-26)40-28-10-4-3-5-11-28)32-24-36(33-14-7-6-13-30(32)33)23-25-15-17-27(39-2)18-16-25/h3-18,21,24,31H,19-20,22-23H2,1-2H3,(H,35,37)/t31-/m1/s1. The molecule has 1 N–H and O–H groups in total. The summed E-state index contributed by atoms with van der Waals surface area (Å²) in [5.74, 6) is 2.13. The van der Waals surface area contributed by atoms with Crippen LogP contribution in [0, 0.1) is 0 Å². The highest BCUT2D eigenvalue weighted by molar-refractivity contribution is 5.87. The number of nitrogens with one attached hydrogen (secondary N) is 1. The molecule has 5 aromatic rings. The Kier molecular flexibility index (Phi) is 8.79. The molecule has 0 radical (unpaired) electrons. The molecule has 0 saturated heterocycles. The molecule has 1 amide bonds. The van der Waals surface area contributed by atoms with Gasteiger partial charge in [-0.25, -0.2) is 0 Å². The van der Waals surface area contributed by atoms with Gasteiger partial charge in [0.05, 0.1) is 13.7 Å². The summed E-state index contributed by atoms with van der Waals surface area (Å²) in [5.41, 5.74) is 4.40. The van der Waals surface area contributed by atoms with Gasteiger partial charge >= 0.3 is 0 Å². The van der Waals surface area contributed by atoms with Crippen LogP contribution in [0.3, 0.4) is 0 Å². The van der Waals surface area contributed by atoms with Crippen molar-refractivity contribution in [3.05, 3.63) is 126 Å². The second-order valence-electron chi connectivity index (χ2n) is 9.66. The highest BCUT2D eigenvalue weighted by Crippen LogP contribution is 2.37. The van der Waals surface area contributed by atoms with Crippen LogP contribution in [0.4, 0.5) is 0 Å². The number of aromatic nitrogens is 1. The third kappa shape index (κ3) is 6.53. The lowest BCUT2D eigenvalue weighted by molar-refractivity contribution is -0.121. The lowest BCUT2D eigenvalue weighted by Crippen LogP contribution is -2.28. The topological polar surface area (TPSA) is 61.7 Å². The lowest BCUT2D eigenvalue weighted by Gasteiger charge is -2.18. The summed E-state index contributed by atoms with van der Waals surface area (Å²) in [6, 6.07) is 34.2. The van der Waals surface area contributed by atoms with Crippen LogP contribution < -0.4 is 14.8 Å². The van der Waals surface area contributed by atoms with Gasteiger partial charge in [0.2, 0.25) is 5.91 Å². The number of hydrogen-bond acceptors (Lipinski definition) is 4. The zero-order valence-electron chi connectivity index (χ0n) is 22.9. The number of para-hydroxylation sites is 2. The van der Waals surface area contributed by atoms with Crippen molar-refractivity contribution in [3.8, 4) is 17.2 Å². The second kappa shape index (κ2) is 13.0. The fourth-order valence-electron chi connectivity index (χ4n) is 4.99. The van der Waals surface area contributed by atoms with Crippen molar-refractivity contribution in [2.24, 2.45) is 0 Å². The van der Waals surface area contributed by atoms with E-state index in [2.05, 4.69) is 52.5 Å². The minimum atomic E-state index is -0.177.